The van der Waals surface area contributed by atoms with E-state index in [1.54, 1.807) is 12.1 Å². The molecular weight excluding hydrogens is 448 g/mol. The van der Waals surface area contributed by atoms with Crippen LogP contribution in [0.25, 0.3) is 0 Å². The van der Waals surface area contributed by atoms with E-state index in [0.717, 1.165) is 11.1 Å². The van der Waals surface area contributed by atoms with E-state index >= 15 is 0 Å². The van der Waals surface area contributed by atoms with E-state index in [-0.39, 0.29) is 11.5 Å². The van der Waals surface area contributed by atoms with Crippen LogP contribution in [0.4, 0.5) is 0 Å². The van der Waals surface area contributed by atoms with E-state index in [0.29, 0.717) is 18.8 Å². The van der Waals surface area contributed by atoms with E-state index in [2.05, 4.69) is 0 Å². The van der Waals surface area contributed by atoms with Crippen molar-refractivity contribution in [2.75, 3.05) is 6.26 Å². The Bertz CT molecular complexity index is 1010. The number of carbonyl (C=O) groups excluding carboxylic acids is 1. The molecule has 3 aromatic carbocycles. The molecule has 1 heterocycles. The number of carbonyl (C=O) groups is 1. The van der Waals surface area contributed by atoms with Gasteiger partial charge >= 0.3 is 5.97 Å². The van der Waals surface area contributed by atoms with Gasteiger partial charge in [0.2, 0.25) is 0 Å². The van der Waals surface area contributed by atoms with E-state index in [1.165, 1.54) is 11.8 Å². The molecule has 0 spiro atoms. The van der Waals surface area contributed by atoms with Crippen molar-refractivity contribution >= 4 is 17.7 Å². The van der Waals surface area contributed by atoms with Gasteiger partial charge in [0.1, 0.15) is 17.6 Å². The van der Waals surface area contributed by atoms with E-state index in [9.17, 15) is 4.79 Å². The highest BCUT2D eigenvalue weighted by Gasteiger charge is 2.48. The van der Waals surface area contributed by atoms with Crippen LogP contribution < -0.4 is 0 Å². The van der Waals surface area contributed by atoms with Crippen LogP contribution >= 0.6 is 11.8 Å². The van der Waals surface area contributed by atoms with Crippen molar-refractivity contribution in [2.45, 2.75) is 50.0 Å². The fraction of sp³-hybridized carbons (Fsp3) is 0.321. The Morgan fingerprint density at radius 1 is 0.765 bits per heavy atom. The standard InChI is InChI=1S/C28H30O5S/c1-20-24(30-18-21-12-6-3-7-13-21)25(31-19-22-14-8-4-9-15-22)26(28(32-20)34-2)33-27(29)23-16-10-5-11-17-23/h3-17,20,24-26,28H,18-19H2,1-2H3/t20-,24-,25+,26+,28-/m0/s1. The topological polar surface area (TPSA) is 54.0 Å². The maximum absolute atomic E-state index is 13.0. The maximum Gasteiger partial charge on any atom is 0.338 e. The first-order chi connectivity index (χ1) is 16.7. The Kier molecular flexibility index (Phi) is 8.77. The number of hydrogen-bond donors (Lipinski definition) is 0. The summed E-state index contributed by atoms with van der Waals surface area (Å²) in [7, 11) is 0. The summed E-state index contributed by atoms with van der Waals surface area (Å²) in [5.41, 5.74) is 2.21. The number of benzene rings is 3. The lowest BCUT2D eigenvalue weighted by atomic mass is 9.99. The largest absolute Gasteiger partial charge is 0.452 e. The van der Waals surface area contributed by atoms with Gasteiger partial charge in [-0.3, -0.25) is 0 Å². The van der Waals surface area contributed by atoms with Crippen molar-refractivity contribution in [1.29, 1.82) is 0 Å². The maximum atomic E-state index is 13.0. The molecular formula is C28H30O5S. The van der Waals surface area contributed by atoms with Crippen molar-refractivity contribution in [3.8, 4) is 0 Å². The lowest BCUT2D eigenvalue weighted by Crippen LogP contribution is -2.58. The fourth-order valence-corrected chi connectivity index (χ4v) is 4.77. The average molecular weight is 479 g/mol. The zero-order valence-corrected chi connectivity index (χ0v) is 20.2. The first-order valence-corrected chi connectivity index (χ1v) is 12.7. The zero-order valence-electron chi connectivity index (χ0n) is 19.4. The molecule has 0 bridgehead atoms. The Morgan fingerprint density at radius 3 is 1.79 bits per heavy atom. The molecule has 0 unspecified atom stereocenters. The number of thioether (sulfide) groups is 1. The molecule has 4 rings (SSSR count). The molecule has 5 atom stereocenters. The molecule has 5 nitrogen and oxygen atoms in total. The molecule has 0 N–H and O–H groups in total. The number of rotatable bonds is 9. The SMILES string of the molecule is CS[C@@H]1O[C@@H](C)[C@H](OCc2ccccc2)[C@@H](OCc2ccccc2)[C@H]1OC(=O)c1ccccc1. The Balaban J connectivity index is 1.57. The third-order valence-corrected chi connectivity index (χ3v) is 6.63. The molecule has 1 aliphatic rings. The first-order valence-electron chi connectivity index (χ1n) is 11.4. The number of esters is 1. The highest BCUT2D eigenvalue weighted by atomic mass is 32.2. The molecule has 0 radical (unpaired) electrons. The van der Waals surface area contributed by atoms with E-state index in [1.807, 2.05) is 92.0 Å². The molecule has 178 valence electrons. The summed E-state index contributed by atoms with van der Waals surface area (Å²) in [6.07, 6.45) is 0.149. The molecule has 1 fully saturated rings. The van der Waals surface area contributed by atoms with Crippen molar-refractivity contribution in [2.24, 2.45) is 0 Å². The van der Waals surface area contributed by atoms with Crippen molar-refractivity contribution < 1.29 is 23.7 Å². The summed E-state index contributed by atoms with van der Waals surface area (Å²) in [5, 5.41) is 0. The van der Waals surface area contributed by atoms with Gasteiger partial charge < -0.3 is 18.9 Å². The Morgan fingerprint density at radius 2 is 1.26 bits per heavy atom. The van der Waals surface area contributed by atoms with Gasteiger partial charge in [0.05, 0.1) is 24.9 Å². The van der Waals surface area contributed by atoms with Gasteiger partial charge in [0.15, 0.2) is 6.10 Å². The lowest BCUT2D eigenvalue weighted by Gasteiger charge is -2.44. The molecule has 1 saturated heterocycles. The lowest BCUT2D eigenvalue weighted by molar-refractivity contribution is -0.229. The van der Waals surface area contributed by atoms with Crippen LogP contribution in [-0.4, -0.2) is 42.1 Å². The molecule has 0 aromatic heterocycles. The van der Waals surface area contributed by atoms with Gasteiger partial charge in [0.25, 0.3) is 0 Å². The predicted molar refractivity (Wildman–Crippen MR) is 134 cm³/mol. The summed E-state index contributed by atoms with van der Waals surface area (Å²) < 4.78 is 25.0. The summed E-state index contributed by atoms with van der Waals surface area (Å²) in [4.78, 5) is 13.0. The second-order valence-electron chi connectivity index (χ2n) is 8.20. The second-order valence-corrected chi connectivity index (χ2v) is 9.14. The summed E-state index contributed by atoms with van der Waals surface area (Å²) >= 11 is 1.50. The Labute approximate surface area is 205 Å². The van der Waals surface area contributed by atoms with Gasteiger partial charge in [-0.25, -0.2) is 4.79 Å². The van der Waals surface area contributed by atoms with Crippen molar-refractivity contribution in [3.63, 3.8) is 0 Å². The summed E-state index contributed by atoms with van der Waals surface area (Å²) in [6.45, 7) is 2.77. The smallest absolute Gasteiger partial charge is 0.338 e. The van der Waals surface area contributed by atoms with Crippen LogP contribution in [0, 0.1) is 0 Å². The molecule has 0 aliphatic carbocycles. The van der Waals surface area contributed by atoms with Crippen molar-refractivity contribution in [3.05, 3.63) is 108 Å². The number of hydrogen-bond acceptors (Lipinski definition) is 6. The second kappa shape index (κ2) is 12.2. The first kappa shape index (κ1) is 24.5. The highest BCUT2D eigenvalue weighted by molar-refractivity contribution is 7.99. The highest BCUT2D eigenvalue weighted by Crippen LogP contribution is 2.34. The zero-order chi connectivity index (χ0) is 23.8. The molecule has 0 amide bonds. The molecule has 3 aromatic rings. The van der Waals surface area contributed by atoms with Crippen molar-refractivity contribution in [1.82, 2.24) is 0 Å². The quantitative estimate of drug-likeness (QED) is 0.379. The third kappa shape index (κ3) is 6.27. The molecule has 6 heteroatoms. The minimum absolute atomic E-state index is 0.242. The predicted octanol–water partition coefficient (Wildman–Crippen LogP) is 5.49. The molecule has 34 heavy (non-hydrogen) atoms. The van der Waals surface area contributed by atoms with Crippen LogP contribution in [0.1, 0.15) is 28.4 Å². The monoisotopic (exact) mass is 478 g/mol. The molecule has 1 aliphatic heterocycles. The summed E-state index contributed by atoms with van der Waals surface area (Å²) in [5.74, 6) is -0.405. The van der Waals surface area contributed by atoms with Gasteiger partial charge in [-0.2, -0.15) is 0 Å². The van der Waals surface area contributed by atoms with Crippen LogP contribution in [0.3, 0.4) is 0 Å². The van der Waals surface area contributed by atoms with Crippen LogP contribution in [0.15, 0.2) is 91.0 Å². The van der Waals surface area contributed by atoms with Crippen LogP contribution in [0.5, 0.6) is 0 Å². The van der Waals surface area contributed by atoms with Gasteiger partial charge in [-0.1, -0.05) is 78.9 Å². The minimum Gasteiger partial charge on any atom is -0.452 e. The van der Waals surface area contributed by atoms with Gasteiger partial charge in [-0.05, 0) is 36.4 Å². The van der Waals surface area contributed by atoms with E-state index < -0.39 is 24.3 Å². The van der Waals surface area contributed by atoms with Crippen LogP contribution in [0.2, 0.25) is 0 Å². The van der Waals surface area contributed by atoms with Gasteiger partial charge in [0, 0.05) is 0 Å². The third-order valence-electron chi connectivity index (χ3n) is 5.78. The normalized spacial score (nSPS) is 24.5. The fourth-order valence-electron chi connectivity index (χ4n) is 4.01. The van der Waals surface area contributed by atoms with Crippen LogP contribution in [-0.2, 0) is 32.2 Å². The number of ether oxygens (including phenoxy) is 4. The minimum atomic E-state index is -0.636. The van der Waals surface area contributed by atoms with E-state index in [4.69, 9.17) is 18.9 Å². The summed E-state index contributed by atoms with van der Waals surface area (Å²) in [6, 6.07) is 28.9. The average Bonchev–Trinajstić information content (AvgIpc) is 2.89. The Hall–Kier alpha value is -2.64. The molecule has 0 saturated carbocycles. The van der Waals surface area contributed by atoms with Gasteiger partial charge in [-0.15, -0.1) is 11.8 Å².